The van der Waals surface area contributed by atoms with Gasteiger partial charge in [0.2, 0.25) is 10.0 Å². The lowest BCUT2D eigenvalue weighted by molar-refractivity contribution is 0.189. The van der Waals surface area contributed by atoms with E-state index in [-0.39, 0.29) is 0 Å². The number of thiazole rings is 1. The standard InChI is InChI=1S/C15H24N2O2S2/c1-11(2)14-17-13(9-20-14)3-6-16-21(18,19)10-12-7-15(8-12)4-5-15/h9,11-12,16H,3-8,10H2,1-2H3. The number of hydrogen-bond acceptors (Lipinski definition) is 4. The van der Waals surface area contributed by atoms with Crippen LogP contribution in [0, 0.1) is 11.3 Å². The summed E-state index contributed by atoms with van der Waals surface area (Å²) < 4.78 is 26.8. The predicted octanol–water partition coefficient (Wildman–Crippen LogP) is 2.92. The quantitative estimate of drug-likeness (QED) is 0.837. The monoisotopic (exact) mass is 328 g/mol. The summed E-state index contributed by atoms with van der Waals surface area (Å²) in [4.78, 5) is 4.53. The van der Waals surface area contributed by atoms with Crippen molar-refractivity contribution in [3.63, 3.8) is 0 Å². The van der Waals surface area contributed by atoms with E-state index < -0.39 is 10.0 Å². The zero-order chi connectivity index (χ0) is 15.1. The van der Waals surface area contributed by atoms with Gasteiger partial charge < -0.3 is 0 Å². The van der Waals surface area contributed by atoms with Gasteiger partial charge in [0.15, 0.2) is 0 Å². The van der Waals surface area contributed by atoms with Gasteiger partial charge in [0.1, 0.15) is 0 Å². The number of rotatable bonds is 7. The van der Waals surface area contributed by atoms with E-state index in [4.69, 9.17) is 0 Å². The fourth-order valence-corrected chi connectivity index (χ4v) is 5.53. The molecule has 0 amide bonds. The highest BCUT2D eigenvalue weighted by atomic mass is 32.2. The molecule has 1 heterocycles. The van der Waals surface area contributed by atoms with Crippen molar-refractivity contribution in [2.45, 2.75) is 51.9 Å². The molecule has 1 aromatic rings. The largest absolute Gasteiger partial charge is 0.246 e. The lowest BCUT2D eigenvalue weighted by Crippen LogP contribution is -2.37. The first-order valence-corrected chi connectivity index (χ1v) is 10.3. The maximum absolute atomic E-state index is 12.0. The molecule has 2 aliphatic carbocycles. The third kappa shape index (κ3) is 3.85. The minimum absolute atomic E-state index is 0.309. The first kappa shape index (κ1) is 15.4. The Hall–Kier alpha value is -0.460. The highest BCUT2D eigenvalue weighted by Gasteiger charge is 2.53. The van der Waals surface area contributed by atoms with Gasteiger partial charge in [-0.15, -0.1) is 11.3 Å². The van der Waals surface area contributed by atoms with Crippen LogP contribution in [0.15, 0.2) is 5.38 Å². The van der Waals surface area contributed by atoms with E-state index in [2.05, 4.69) is 23.6 Å². The van der Waals surface area contributed by atoms with Crippen molar-refractivity contribution in [3.8, 4) is 0 Å². The highest BCUT2D eigenvalue weighted by Crippen LogP contribution is 2.63. The smallest absolute Gasteiger partial charge is 0.211 e. The number of nitrogens with one attached hydrogen (secondary N) is 1. The van der Waals surface area contributed by atoms with Crippen LogP contribution >= 0.6 is 11.3 Å². The molecule has 1 aromatic heterocycles. The number of hydrogen-bond donors (Lipinski definition) is 1. The van der Waals surface area contributed by atoms with Crippen LogP contribution in [0.3, 0.4) is 0 Å². The van der Waals surface area contributed by atoms with Crippen LogP contribution < -0.4 is 4.72 Å². The van der Waals surface area contributed by atoms with Crippen LogP contribution in [0.25, 0.3) is 0 Å². The maximum Gasteiger partial charge on any atom is 0.211 e. The second-order valence-corrected chi connectivity index (χ2v) is 9.77. The summed E-state index contributed by atoms with van der Waals surface area (Å²) in [6.45, 7) is 4.70. The molecule has 0 unspecified atom stereocenters. The maximum atomic E-state index is 12.0. The number of aromatic nitrogens is 1. The van der Waals surface area contributed by atoms with Crippen LogP contribution in [-0.2, 0) is 16.4 Å². The fourth-order valence-electron chi connectivity index (χ4n) is 3.27. The van der Waals surface area contributed by atoms with E-state index in [1.165, 1.54) is 12.8 Å². The fraction of sp³-hybridized carbons (Fsp3) is 0.800. The summed E-state index contributed by atoms with van der Waals surface area (Å²) in [7, 11) is -3.12. The first-order valence-electron chi connectivity index (χ1n) is 7.79. The lowest BCUT2D eigenvalue weighted by atomic mass is 9.73. The molecule has 0 aliphatic heterocycles. The average Bonchev–Trinajstić information content (AvgIpc) is 2.99. The summed E-state index contributed by atoms with van der Waals surface area (Å²) in [5.74, 6) is 1.13. The Morgan fingerprint density at radius 3 is 2.71 bits per heavy atom. The molecule has 0 aromatic carbocycles. The zero-order valence-corrected chi connectivity index (χ0v) is 14.4. The topological polar surface area (TPSA) is 59.1 Å². The van der Waals surface area contributed by atoms with Gasteiger partial charge in [0.25, 0.3) is 0 Å². The second kappa shape index (κ2) is 5.63. The van der Waals surface area contributed by atoms with E-state index in [1.807, 2.05) is 5.38 Å². The Kier molecular flexibility index (Phi) is 4.14. The molecule has 1 N–H and O–H groups in total. The minimum atomic E-state index is -3.12. The molecule has 21 heavy (non-hydrogen) atoms. The molecular weight excluding hydrogens is 304 g/mol. The van der Waals surface area contributed by atoms with Crippen molar-refractivity contribution < 1.29 is 8.42 Å². The molecule has 4 nitrogen and oxygen atoms in total. The molecule has 3 rings (SSSR count). The first-order chi connectivity index (χ1) is 9.88. The second-order valence-electron chi connectivity index (χ2n) is 7.03. The molecule has 0 atom stereocenters. The molecule has 2 saturated carbocycles. The molecule has 2 fully saturated rings. The SMILES string of the molecule is CC(C)c1nc(CCNS(=O)(=O)CC2CC3(CC3)C2)cs1. The van der Waals surface area contributed by atoms with E-state index >= 15 is 0 Å². The third-order valence-electron chi connectivity index (χ3n) is 4.62. The van der Waals surface area contributed by atoms with Crippen molar-refractivity contribution in [2.75, 3.05) is 12.3 Å². The van der Waals surface area contributed by atoms with Gasteiger partial charge in [0, 0.05) is 24.3 Å². The summed E-state index contributed by atoms with van der Waals surface area (Å²) in [5, 5.41) is 3.16. The average molecular weight is 329 g/mol. The number of nitrogens with zero attached hydrogens (tertiary/aromatic N) is 1. The molecule has 0 bridgehead atoms. The van der Waals surface area contributed by atoms with Crippen LogP contribution in [0.4, 0.5) is 0 Å². The van der Waals surface area contributed by atoms with Crippen molar-refractivity contribution in [3.05, 3.63) is 16.1 Å². The summed E-state index contributed by atoms with van der Waals surface area (Å²) in [6.07, 6.45) is 5.56. The predicted molar refractivity (Wildman–Crippen MR) is 86.1 cm³/mol. The summed E-state index contributed by atoms with van der Waals surface area (Å²) in [5.41, 5.74) is 1.57. The van der Waals surface area contributed by atoms with Gasteiger partial charge >= 0.3 is 0 Å². The van der Waals surface area contributed by atoms with Crippen LogP contribution in [0.5, 0.6) is 0 Å². The van der Waals surface area contributed by atoms with Gasteiger partial charge in [-0.2, -0.15) is 0 Å². The van der Waals surface area contributed by atoms with E-state index in [9.17, 15) is 8.42 Å². The third-order valence-corrected chi connectivity index (χ3v) is 7.37. The molecule has 1 spiro atoms. The van der Waals surface area contributed by atoms with E-state index in [0.29, 0.717) is 36.0 Å². The number of sulfonamides is 1. The van der Waals surface area contributed by atoms with Crippen LogP contribution in [0.1, 0.15) is 56.2 Å². The molecule has 0 saturated heterocycles. The van der Waals surface area contributed by atoms with Gasteiger partial charge in [-0.05, 0) is 37.0 Å². The minimum Gasteiger partial charge on any atom is -0.246 e. The van der Waals surface area contributed by atoms with Crippen molar-refractivity contribution in [1.82, 2.24) is 9.71 Å². The van der Waals surface area contributed by atoms with Gasteiger partial charge in [-0.1, -0.05) is 13.8 Å². The summed E-state index contributed by atoms with van der Waals surface area (Å²) in [6, 6.07) is 0. The Bertz CT molecular complexity index is 595. The van der Waals surface area contributed by atoms with E-state index in [0.717, 1.165) is 23.5 Å². The normalized spacial score (nSPS) is 20.9. The Labute approximate surface area is 131 Å². The molecule has 6 heteroatoms. The van der Waals surface area contributed by atoms with Crippen molar-refractivity contribution in [2.24, 2.45) is 11.3 Å². The van der Waals surface area contributed by atoms with Crippen LogP contribution in [-0.4, -0.2) is 25.7 Å². The van der Waals surface area contributed by atoms with Crippen molar-refractivity contribution in [1.29, 1.82) is 0 Å². The lowest BCUT2D eigenvalue weighted by Gasteiger charge is -2.35. The van der Waals surface area contributed by atoms with Crippen LogP contribution in [0.2, 0.25) is 0 Å². The van der Waals surface area contributed by atoms with E-state index in [1.54, 1.807) is 11.3 Å². The Morgan fingerprint density at radius 1 is 1.43 bits per heavy atom. The highest BCUT2D eigenvalue weighted by molar-refractivity contribution is 7.89. The van der Waals surface area contributed by atoms with Gasteiger partial charge in [-0.25, -0.2) is 18.1 Å². The Morgan fingerprint density at radius 2 is 2.14 bits per heavy atom. The zero-order valence-electron chi connectivity index (χ0n) is 12.8. The molecule has 118 valence electrons. The molecule has 2 aliphatic rings. The van der Waals surface area contributed by atoms with Crippen molar-refractivity contribution >= 4 is 21.4 Å². The van der Waals surface area contributed by atoms with Gasteiger partial charge in [0.05, 0.1) is 16.5 Å². The Balaban J connectivity index is 1.41. The molecule has 0 radical (unpaired) electrons. The van der Waals surface area contributed by atoms with Gasteiger partial charge in [-0.3, -0.25) is 0 Å². The molecular formula is C15H24N2O2S2. The summed E-state index contributed by atoms with van der Waals surface area (Å²) >= 11 is 1.66.